The highest BCUT2D eigenvalue weighted by Gasteiger charge is 2.23. The molecule has 19 heavy (non-hydrogen) atoms. The maximum atomic E-state index is 11.6. The number of aromatic nitrogens is 1. The molecule has 0 saturated heterocycles. The van der Waals surface area contributed by atoms with Crippen molar-refractivity contribution >= 4 is 11.7 Å². The van der Waals surface area contributed by atoms with E-state index in [0.29, 0.717) is 24.5 Å². The summed E-state index contributed by atoms with van der Waals surface area (Å²) in [5, 5.41) is 0. The van der Waals surface area contributed by atoms with Gasteiger partial charge in [0.2, 0.25) is 0 Å². The van der Waals surface area contributed by atoms with Crippen LogP contribution in [0.5, 0.6) is 0 Å². The molecule has 0 aliphatic carbocycles. The van der Waals surface area contributed by atoms with Gasteiger partial charge in [0.25, 0.3) is 5.91 Å². The van der Waals surface area contributed by atoms with Crippen molar-refractivity contribution in [1.29, 1.82) is 0 Å². The van der Waals surface area contributed by atoms with Gasteiger partial charge in [0.05, 0.1) is 5.56 Å². The van der Waals surface area contributed by atoms with Crippen molar-refractivity contribution in [3.05, 3.63) is 22.9 Å². The first kappa shape index (κ1) is 15.4. The number of rotatable bonds is 5. The van der Waals surface area contributed by atoms with E-state index in [1.165, 1.54) is 0 Å². The number of hydrogen-bond acceptors (Lipinski definition) is 4. The van der Waals surface area contributed by atoms with Gasteiger partial charge in [-0.25, -0.2) is 4.98 Å². The smallest absolute Gasteiger partial charge is 0.252 e. The van der Waals surface area contributed by atoms with Crippen LogP contribution in [0.1, 0.15) is 35.5 Å². The number of carbonyl (C=O) groups is 1. The van der Waals surface area contributed by atoms with Crippen molar-refractivity contribution < 1.29 is 4.79 Å². The zero-order valence-corrected chi connectivity index (χ0v) is 12.4. The molecule has 0 spiro atoms. The van der Waals surface area contributed by atoms with Crippen molar-refractivity contribution in [3.63, 3.8) is 0 Å². The molecule has 5 nitrogen and oxygen atoms in total. The number of pyridine rings is 1. The standard InChI is InChI=1S/C14H24N4O/c1-9-6-10(2)17-13(11(9)12(16)19)18(5)8-14(3,4)7-15/h6H,7-8,15H2,1-5H3,(H2,16,19). The largest absolute Gasteiger partial charge is 0.365 e. The summed E-state index contributed by atoms with van der Waals surface area (Å²) in [6.45, 7) is 9.21. The fraction of sp³-hybridized carbons (Fsp3) is 0.571. The lowest BCUT2D eigenvalue weighted by Gasteiger charge is -2.31. The Morgan fingerprint density at radius 1 is 1.42 bits per heavy atom. The van der Waals surface area contributed by atoms with Crippen LogP contribution in [-0.2, 0) is 0 Å². The minimum Gasteiger partial charge on any atom is -0.365 e. The maximum Gasteiger partial charge on any atom is 0.252 e. The van der Waals surface area contributed by atoms with Gasteiger partial charge in [0.1, 0.15) is 5.82 Å². The van der Waals surface area contributed by atoms with Gasteiger partial charge in [-0.15, -0.1) is 0 Å². The number of nitrogens with two attached hydrogens (primary N) is 2. The predicted molar refractivity (Wildman–Crippen MR) is 78.3 cm³/mol. The molecular formula is C14H24N4O. The molecule has 0 radical (unpaired) electrons. The van der Waals surface area contributed by atoms with Crippen molar-refractivity contribution in [3.8, 4) is 0 Å². The topological polar surface area (TPSA) is 85.2 Å². The lowest BCUT2D eigenvalue weighted by molar-refractivity contribution is 0.0999. The Morgan fingerprint density at radius 3 is 2.47 bits per heavy atom. The van der Waals surface area contributed by atoms with Crippen LogP contribution in [0.3, 0.4) is 0 Å². The van der Waals surface area contributed by atoms with E-state index in [1.54, 1.807) is 0 Å². The summed E-state index contributed by atoms with van der Waals surface area (Å²) in [6, 6.07) is 1.87. The summed E-state index contributed by atoms with van der Waals surface area (Å²) in [5.41, 5.74) is 13.4. The molecule has 0 aliphatic heterocycles. The number of anilines is 1. The van der Waals surface area contributed by atoms with Gasteiger partial charge < -0.3 is 16.4 Å². The van der Waals surface area contributed by atoms with Crippen molar-refractivity contribution in [2.45, 2.75) is 27.7 Å². The summed E-state index contributed by atoms with van der Waals surface area (Å²) in [4.78, 5) is 18.0. The van der Waals surface area contributed by atoms with E-state index in [1.807, 2.05) is 31.9 Å². The van der Waals surface area contributed by atoms with Gasteiger partial charge in [-0.3, -0.25) is 4.79 Å². The second-order valence-corrected chi connectivity index (χ2v) is 5.87. The summed E-state index contributed by atoms with van der Waals surface area (Å²) < 4.78 is 0. The van der Waals surface area contributed by atoms with Crippen LogP contribution in [0, 0.1) is 19.3 Å². The number of carbonyl (C=O) groups excluding carboxylic acids is 1. The highest BCUT2D eigenvalue weighted by atomic mass is 16.1. The summed E-state index contributed by atoms with van der Waals surface area (Å²) in [7, 11) is 1.91. The average molecular weight is 264 g/mol. The quantitative estimate of drug-likeness (QED) is 0.837. The third kappa shape index (κ3) is 3.67. The number of nitrogens with zero attached hydrogens (tertiary/aromatic N) is 2. The summed E-state index contributed by atoms with van der Waals surface area (Å²) in [6.07, 6.45) is 0. The first-order valence-electron chi connectivity index (χ1n) is 6.37. The minimum absolute atomic E-state index is 0.0526. The Morgan fingerprint density at radius 2 is 2.00 bits per heavy atom. The molecule has 0 aromatic carbocycles. The van der Waals surface area contributed by atoms with E-state index in [0.717, 1.165) is 11.3 Å². The lowest BCUT2D eigenvalue weighted by atomic mass is 9.93. The number of primary amides is 1. The summed E-state index contributed by atoms with van der Waals surface area (Å²) in [5.74, 6) is 0.184. The minimum atomic E-state index is -0.447. The first-order chi connectivity index (χ1) is 8.68. The Kier molecular flexibility index (Phi) is 4.52. The Hall–Kier alpha value is -1.62. The van der Waals surface area contributed by atoms with Crippen LogP contribution in [-0.4, -0.2) is 31.0 Å². The van der Waals surface area contributed by atoms with Crippen LogP contribution >= 0.6 is 0 Å². The van der Waals surface area contributed by atoms with E-state index in [4.69, 9.17) is 11.5 Å². The fourth-order valence-electron chi connectivity index (χ4n) is 2.18. The second kappa shape index (κ2) is 5.57. The molecule has 106 valence electrons. The van der Waals surface area contributed by atoms with Crippen molar-refractivity contribution in [2.75, 3.05) is 25.0 Å². The van der Waals surface area contributed by atoms with E-state index in [-0.39, 0.29) is 5.41 Å². The third-order valence-corrected chi connectivity index (χ3v) is 3.15. The highest BCUT2D eigenvalue weighted by Crippen LogP contribution is 2.24. The van der Waals surface area contributed by atoms with Crippen LogP contribution in [0.15, 0.2) is 6.07 Å². The summed E-state index contributed by atoms with van der Waals surface area (Å²) >= 11 is 0. The first-order valence-corrected chi connectivity index (χ1v) is 6.37. The third-order valence-electron chi connectivity index (χ3n) is 3.15. The molecule has 4 N–H and O–H groups in total. The Bertz CT molecular complexity index is 483. The average Bonchev–Trinajstić information content (AvgIpc) is 2.26. The fourth-order valence-corrected chi connectivity index (χ4v) is 2.18. The van der Waals surface area contributed by atoms with Crippen LogP contribution in [0.2, 0.25) is 0 Å². The normalized spacial score (nSPS) is 11.5. The molecular weight excluding hydrogens is 240 g/mol. The van der Waals surface area contributed by atoms with Crippen LogP contribution in [0.4, 0.5) is 5.82 Å². The molecule has 1 aromatic rings. The molecule has 1 amide bonds. The molecule has 0 aliphatic rings. The highest BCUT2D eigenvalue weighted by molar-refractivity contribution is 5.99. The van der Waals surface area contributed by atoms with E-state index in [9.17, 15) is 4.79 Å². The monoisotopic (exact) mass is 264 g/mol. The van der Waals surface area contributed by atoms with Gasteiger partial charge in [-0.1, -0.05) is 13.8 Å². The molecule has 1 rings (SSSR count). The van der Waals surface area contributed by atoms with Gasteiger partial charge >= 0.3 is 0 Å². The predicted octanol–water partition coefficient (Wildman–Crippen LogP) is 1.22. The Labute approximate surface area is 115 Å². The molecule has 0 unspecified atom stereocenters. The van der Waals surface area contributed by atoms with Gasteiger partial charge in [0, 0.05) is 19.3 Å². The van der Waals surface area contributed by atoms with Gasteiger partial charge in [0.15, 0.2) is 0 Å². The lowest BCUT2D eigenvalue weighted by Crippen LogP contribution is -2.38. The van der Waals surface area contributed by atoms with Crippen LogP contribution in [0.25, 0.3) is 0 Å². The van der Waals surface area contributed by atoms with E-state index < -0.39 is 5.91 Å². The zero-order valence-electron chi connectivity index (χ0n) is 12.4. The zero-order chi connectivity index (χ0) is 14.8. The van der Waals surface area contributed by atoms with Crippen molar-refractivity contribution in [1.82, 2.24) is 4.98 Å². The van der Waals surface area contributed by atoms with E-state index in [2.05, 4.69) is 18.8 Å². The molecule has 1 aromatic heterocycles. The van der Waals surface area contributed by atoms with Crippen LogP contribution < -0.4 is 16.4 Å². The second-order valence-electron chi connectivity index (χ2n) is 5.87. The molecule has 1 heterocycles. The van der Waals surface area contributed by atoms with E-state index >= 15 is 0 Å². The maximum absolute atomic E-state index is 11.6. The molecule has 0 atom stereocenters. The number of aryl methyl sites for hydroxylation is 2. The SMILES string of the molecule is Cc1cc(C)c(C(N)=O)c(N(C)CC(C)(C)CN)n1. The molecule has 0 saturated carbocycles. The molecule has 5 heteroatoms. The van der Waals surface area contributed by atoms with Gasteiger partial charge in [-0.2, -0.15) is 0 Å². The number of hydrogen-bond donors (Lipinski definition) is 2. The number of amides is 1. The molecule has 0 bridgehead atoms. The molecule has 0 fully saturated rings. The van der Waals surface area contributed by atoms with Gasteiger partial charge in [-0.05, 0) is 37.4 Å². The Balaban J connectivity index is 3.22. The van der Waals surface area contributed by atoms with Crippen molar-refractivity contribution in [2.24, 2.45) is 16.9 Å².